The number of ether oxygens (including phenoxy) is 1. The molecule has 0 saturated heterocycles. The molecule has 0 unspecified atom stereocenters. The summed E-state index contributed by atoms with van der Waals surface area (Å²) in [5.74, 6) is 0. The molecule has 0 aliphatic carbocycles. The molecule has 108 valence electrons. The maximum absolute atomic E-state index is 5.10. The van der Waals surface area contributed by atoms with Crippen LogP contribution < -0.4 is 5.32 Å². The Bertz CT molecular complexity index is 341. The monoisotopic (exact) mass is 264 g/mol. The van der Waals surface area contributed by atoms with Gasteiger partial charge in [0.1, 0.15) is 0 Å². The van der Waals surface area contributed by atoms with Crippen molar-refractivity contribution in [2.75, 3.05) is 40.4 Å². The number of hydrogen-bond acceptors (Lipinski definition) is 3. The van der Waals surface area contributed by atoms with E-state index in [0.717, 1.165) is 45.6 Å². The fourth-order valence-corrected chi connectivity index (χ4v) is 2.20. The van der Waals surface area contributed by atoms with E-state index in [1.165, 1.54) is 11.1 Å². The second kappa shape index (κ2) is 9.96. The van der Waals surface area contributed by atoms with Gasteiger partial charge in [-0.25, -0.2) is 0 Å². The van der Waals surface area contributed by atoms with Crippen LogP contribution in [0.5, 0.6) is 0 Å². The van der Waals surface area contributed by atoms with E-state index in [1.54, 1.807) is 7.11 Å². The van der Waals surface area contributed by atoms with Gasteiger partial charge in [0.25, 0.3) is 0 Å². The van der Waals surface area contributed by atoms with Crippen LogP contribution in [0.2, 0.25) is 0 Å². The number of likely N-dealkylation sites (N-methyl/N-ethyl adjacent to an activating group) is 1. The van der Waals surface area contributed by atoms with Crippen molar-refractivity contribution >= 4 is 0 Å². The summed E-state index contributed by atoms with van der Waals surface area (Å²) in [7, 11) is 3.94. The first-order chi connectivity index (χ1) is 9.27. The Labute approximate surface area is 118 Å². The van der Waals surface area contributed by atoms with Gasteiger partial charge in [0.15, 0.2) is 0 Å². The number of benzene rings is 1. The Morgan fingerprint density at radius 3 is 2.63 bits per heavy atom. The average molecular weight is 264 g/mol. The van der Waals surface area contributed by atoms with E-state index < -0.39 is 0 Å². The molecule has 0 fully saturated rings. The van der Waals surface area contributed by atoms with Gasteiger partial charge in [-0.1, -0.05) is 31.2 Å². The minimum Gasteiger partial charge on any atom is -0.385 e. The molecule has 19 heavy (non-hydrogen) atoms. The molecule has 1 aromatic rings. The Morgan fingerprint density at radius 1 is 1.21 bits per heavy atom. The summed E-state index contributed by atoms with van der Waals surface area (Å²) in [6, 6.07) is 8.76. The predicted molar refractivity (Wildman–Crippen MR) is 81.5 cm³/mol. The van der Waals surface area contributed by atoms with E-state index in [4.69, 9.17) is 4.74 Å². The van der Waals surface area contributed by atoms with Crippen molar-refractivity contribution in [2.24, 2.45) is 0 Å². The lowest BCUT2D eigenvalue weighted by Gasteiger charge is -2.18. The van der Waals surface area contributed by atoms with Gasteiger partial charge in [0.05, 0.1) is 0 Å². The van der Waals surface area contributed by atoms with Gasteiger partial charge in [-0.15, -0.1) is 0 Å². The Morgan fingerprint density at radius 2 is 1.95 bits per heavy atom. The molecule has 0 atom stereocenters. The van der Waals surface area contributed by atoms with E-state index in [-0.39, 0.29) is 0 Å². The number of methoxy groups -OCH3 is 1. The molecule has 1 aromatic carbocycles. The summed E-state index contributed by atoms with van der Waals surface area (Å²) >= 11 is 0. The molecule has 0 aliphatic rings. The van der Waals surface area contributed by atoms with Crippen molar-refractivity contribution in [1.29, 1.82) is 0 Å². The highest BCUT2D eigenvalue weighted by atomic mass is 16.5. The molecule has 0 bridgehead atoms. The molecule has 0 aliphatic heterocycles. The van der Waals surface area contributed by atoms with Crippen molar-refractivity contribution in [2.45, 2.75) is 26.3 Å². The van der Waals surface area contributed by atoms with Crippen molar-refractivity contribution in [3.63, 3.8) is 0 Å². The largest absolute Gasteiger partial charge is 0.385 e. The van der Waals surface area contributed by atoms with Crippen LogP contribution in [-0.4, -0.2) is 45.3 Å². The molecule has 3 heteroatoms. The fourth-order valence-electron chi connectivity index (χ4n) is 2.20. The zero-order valence-electron chi connectivity index (χ0n) is 12.6. The normalized spacial score (nSPS) is 11.2. The highest BCUT2D eigenvalue weighted by Gasteiger charge is 2.05. The highest BCUT2D eigenvalue weighted by molar-refractivity contribution is 5.27. The molecule has 0 spiro atoms. The topological polar surface area (TPSA) is 24.5 Å². The van der Waals surface area contributed by atoms with Crippen molar-refractivity contribution in [3.05, 3.63) is 35.4 Å². The summed E-state index contributed by atoms with van der Waals surface area (Å²) in [4.78, 5) is 2.37. The van der Waals surface area contributed by atoms with Gasteiger partial charge in [-0.05, 0) is 44.1 Å². The molecule has 0 saturated carbocycles. The third-order valence-electron chi connectivity index (χ3n) is 3.27. The molecular weight excluding hydrogens is 236 g/mol. The summed E-state index contributed by atoms with van der Waals surface area (Å²) in [5, 5.41) is 3.39. The van der Waals surface area contributed by atoms with E-state index in [1.807, 2.05) is 0 Å². The molecule has 1 N–H and O–H groups in total. The minimum atomic E-state index is 0.840. The lowest BCUT2D eigenvalue weighted by molar-refractivity contribution is 0.178. The minimum absolute atomic E-state index is 0.840. The second-order valence-corrected chi connectivity index (χ2v) is 4.96. The van der Waals surface area contributed by atoms with Crippen LogP contribution in [0.25, 0.3) is 0 Å². The van der Waals surface area contributed by atoms with E-state index in [2.05, 4.69) is 48.5 Å². The smallest absolute Gasteiger partial charge is 0.0474 e. The van der Waals surface area contributed by atoms with E-state index >= 15 is 0 Å². The van der Waals surface area contributed by atoms with Crippen LogP contribution in [0, 0.1) is 0 Å². The van der Waals surface area contributed by atoms with Crippen LogP contribution in [0.4, 0.5) is 0 Å². The van der Waals surface area contributed by atoms with Gasteiger partial charge in [-0.2, -0.15) is 0 Å². The Hall–Kier alpha value is -0.900. The third kappa shape index (κ3) is 6.71. The van der Waals surface area contributed by atoms with Gasteiger partial charge >= 0.3 is 0 Å². The Balaban J connectivity index is 2.46. The first-order valence-corrected chi connectivity index (χ1v) is 7.23. The van der Waals surface area contributed by atoms with Crippen molar-refractivity contribution in [1.82, 2.24) is 10.2 Å². The van der Waals surface area contributed by atoms with Crippen LogP contribution in [-0.2, 0) is 17.7 Å². The Kier molecular flexibility index (Phi) is 8.47. The SMILES string of the molecule is CCNCCc1ccccc1CN(C)CCCOC. The van der Waals surface area contributed by atoms with Crippen LogP contribution in [0.1, 0.15) is 24.5 Å². The predicted octanol–water partition coefficient (Wildman–Crippen LogP) is 2.31. The number of hydrogen-bond donors (Lipinski definition) is 1. The third-order valence-corrected chi connectivity index (χ3v) is 3.27. The zero-order valence-corrected chi connectivity index (χ0v) is 12.6. The summed E-state index contributed by atoms with van der Waals surface area (Å²) in [5.41, 5.74) is 2.90. The quantitative estimate of drug-likeness (QED) is 0.656. The first kappa shape index (κ1) is 16.2. The number of rotatable bonds is 10. The standard InChI is InChI=1S/C16H28N2O/c1-4-17-11-10-15-8-5-6-9-16(15)14-18(2)12-7-13-19-3/h5-6,8-9,17H,4,7,10-14H2,1-3H3. The highest BCUT2D eigenvalue weighted by Crippen LogP contribution is 2.11. The molecular formula is C16H28N2O. The summed E-state index contributed by atoms with van der Waals surface area (Å²) in [6.07, 6.45) is 2.20. The molecule has 0 radical (unpaired) electrons. The van der Waals surface area contributed by atoms with Crippen LogP contribution >= 0.6 is 0 Å². The lowest BCUT2D eigenvalue weighted by atomic mass is 10.0. The summed E-state index contributed by atoms with van der Waals surface area (Å²) in [6.45, 7) is 7.18. The van der Waals surface area contributed by atoms with Gasteiger partial charge in [-0.3, -0.25) is 0 Å². The van der Waals surface area contributed by atoms with E-state index in [0.29, 0.717) is 0 Å². The number of nitrogens with one attached hydrogen (secondary N) is 1. The zero-order chi connectivity index (χ0) is 13.9. The maximum Gasteiger partial charge on any atom is 0.0474 e. The molecule has 0 amide bonds. The molecule has 1 rings (SSSR count). The maximum atomic E-state index is 5.10. The summed E-state index contributed by atoms with van der Waals surface area (Å²) < 4.78 is 5.10. The second-order valence-electron chi connectivity index (χ2n) is 4.96. The van der Waals surface area contributed by atoms with Gasteiger partial charge < -0.3 is 15.0 Å². The average Bonchev–Trinajstić information content (AvgIpc) is 2.41. The van der Waals surface area contributed by atoms with E-state index in [9.17, 15) is 0 Å². The lowest BCUT2D eigenvalue weighted by Crippen LogP contribution is -2.22. The van der Waals surface area contributed by atoms with Crippen LogP contribution in [0.15, 0.2) is 24.3 Å². The number of nitrogens with zero attached hydrogens (tertiary/aromatic N) is 1. The van der Waals surface area contributed by atoms with Crippen LogP contribution in [0.3, 0.4) is 0 Å². The molecule has 0 heterocycles. The molecule has 3 nitrogen and oxygen atoms in total. The fraction of sp³-hybridized carbons (Fsp3) is 0.625. The molecule has 0 aromatic heterocycles. The first-order valence-electron chi connectivity index (χ1n) is 7.23. The van der Waals surface area contributed by atoms with Gasteiger partial charge in [0, 0.05) is 26.8 Å². The van der Waals surface area contributed by atoms with Gasteiger partial charge in [0.2, 0.25) is 0 Å². The van der Waals surface area contributed by atoms with Crippen molar-refractivity contribution < 1.29 is 4.74 Å². The van der Waals surface area contributed by atoms with Crippen molar-refractivity contribution in [3.8, 4) is 0 Å².